The first kappa shape index (κ1) is 30.5. The van der Waals surface area contributed by atoms with E-state index in [1.54, 1.807) is 7.11 Å². The number of aliphatic carboxylic acids is 1. The molecule has 3 atom stereocenters. The summed E-state index contributed by atoms with van der Waals surface area (Å²) in [6.07, 6.45) is 4.67. The molecular weight excluding hydrogens is 524 g/mol. The molecule has 0 aromatic heterocycles. The number of nitrogens with zero attached hydrogens (tertiary/aromatic N) is 2. The highest BCUT2D eigenvalue weighted by Crippen LogP contribution is 2.50. The molecule has 2 aliphatic rings. The summed E-state index contributed by atoms with van der Waals surface area (Å²) in [5.41, 5.74) is 1.59. The Labute approximate surface area is 243 Å². The molecule has 9 heteroatoms. The highest BCUT2D eigenvalue weighted by atomic mass is 16.7. The van der Waals surface area contributed by atoms with Crippen LogP contribution in [0.15, 0.2) is 36.4 Å². The lowest BCUT2D eigenvalue weighted by Gasteiger charge is -2.31. The molecule has 0 unspecified atom stereocenters. The number of unbranched alkanes of at least 4 members (excludes halogenated alkanes) is 2. The Hall–Kier alpha value is -3.46. The van der Waals surface area contributed by atoms with Gasteiger partial charge in [0.25, 0.3) is 0 Å². The zero-order chi connectivity index (χ0) is 29.4. The Morgan fingerprint density at radius 2 is 1.73 bits per heavy atom. The smallest absolute Gasteiger partial charge is 0.309 e. The van der Waals surface area contributed by atoms with Gasteiger partial charge in [0, 0.05) is 37.2 Å². The number of carboxylic acids is 1. The lowest BCUT2D eigenvalue weighted by atomic mass is 9.82. The van der Waals surface area contributed by atoms with Crippen molar-refractivity contribution in [2.45, 2.75) is 64.8 Å². The minimum atomic E-state index is -0.918. The molecule has 4 rings (SSSR count). The molecule has 1 fully saturated rings. The molecule has 0 saturated carbocycles. The van der Waals surface area contributed by atoms with Crippen LogP contribution in [-0.2, 0) is 9.59 Å². The average molecular weight is 569 g/mol. The van der Waals surface area contributed by atoms with Crippen molar-refractivity contribution in [3.63, 3.8) is 0 Å². The molecule has 1 amide bonds. The summed E-state index contributed by atoms with van der Waals surface area (Å²) >= 11 is 0. The van der Waals surface area contributed by atoms with Crippen molar-refractivity contribution in [1.82, 2.24) is 9.80 Å². The van der Waals surface area contributed by atoms with E-state index in [0.717, 1.165) is 43.2 Å². The summed E-state index contributed by atoms with van der Waals surface area (Å²) in [5, 5.41) is 10.7. The van der Waals surface area contributed by atoms with Crippen LogP contribution in [0.3, 0.4) is 0 Å². The number of rotatable bonds is 15. The Bertz CT molecular complexity index is 1180. The van der Waals surface area contributed by atoms with Crippen LogP contribution < -0.4 is 18.9 Å². The van der Waals surface area contributed by atoms with E-state index in [2.05, 4.69) is 13.8 Å². The molecule has 0 radical (unpaired) electrons. The second-order valence-corrected chi connectivity index (χ2v) is 10.8. The fourth-order valence-corrected chi connectivity index (χ4v) is 5.80. The molecule has 0 aliphatic carbocycles. The van der Waals surface area contributed by atoms with Crippen LogP contribution >= 0.6 is 0 Å². The van der Waals surface area contributed by atoms with Crippen LogP contribution in [0.2, 0.25) is 0 Å². The molecule has 224 valence electrons. The van der Waals surface area contributed by atoms with Crippen LogP contribution in [0.4, 0.5) is 0 Å². The maximum Gasteiger partial charge on any atom is 0.309 e. The zero-order valence-corrected chi connectivity index (χ0v) is 24.8. The van der Waals surface area contributed by atoms with Gasteiger partial charge in [0.05, 0.1) is 32.2 Å². The number of carboxylic acid groups (broad SMARTS) is 1. The first-order valence-corrected chi connectivity index (χ1v) is 14.9. The lowest BCUT2D eigenvalue weighted by molar-refractivity contribution is -0.144. The number of ether oxygens (including phenoxy) is 4. The van der Waals surface area contributed by atoms with E-state index in [4.69, 9.17) is 18.9 Å². The zero-order valence-electron chi connectivity index (χ0n) is 24.8. The van der Waals surface area contributed by atoms with Crippen molar-refractivity contribution in [2.24, 2.45) is 5.92 Å². The Kier molecular flexibility index (Phi) is 10.7. The quantitative estimate of drug-likeness (QED) is 0.302. The van der Waals surface area contributed by atoms with E-state index in [-0.39, 0.29) is 25.2 Å². The van der Waals surface area contributed by atoms with Gasteiger partial charge in [0.15, 0.2) is 11.5 Å². The first-order valence-electron chi connectivity index (χ1n) is 14.9. The van der Waals surface area contributed by atoms with Gasteiger partial charge in [-0.3, -0.25) is 14.5 Å². The van der Waals surface area contributed by atoms with Crippen molar-refractivity contribution < 1.29 is 33.6 Å². The summed E-state index contributed by atoms with van der Waals surface area (Å²) < 4.78 is 22.7. The number of methoxy groups -OCH3 is 1. The van der Waals surface area contributed by atoms with Crippen molar-refractivity contribution in [3.8, 4) is 23.0 Å². The number of benzene rings is 2. The molecular formula is C32H44N2O7. The molecule has 9 nitrogen and oxygen atoms in total. The van der Waals surface area contributed by atoms with E-state index in [9.17, 15) is 14.7 Å². The summed E-state index contributed by atoms with van der Waals surface area (Å²) in [5.74, 6) is 0.385. The fraction of sp³-hybridized carbons (Fsp3) is 0.562. The van der Waals surface area contributed by atoms with E-state index in [1.165, 1.54) is 0 Å². The Morgan fingerprint density at radius 1 is 1.00 bits per heavy atom. The van der Waals surface area contributed by atoms with Gasteiger partial charge in [-0.25, -0.2) is 0 Å². The normalized spacial score (nSPS) is 19.8. The van der Waals surface area contributed by atoms with E-state index in [0.29, 0.717) is 49.2 Å². The summed E-state index contributed by atoms with van der Waals surface area (Å²) in [6.45, 7) is 8.83. The average Bonchev–Trinajstić information content (AvgIpc) is 3.60. The molecule has 41 heavy (non-hydrogen) atoms. The molecule has 1 saturated heterocycles. The third kappa shape index (κ3) is 7.07. The van der Waals surface area contributed by atoms with Gasteiger partial charge < -0.3 is 29.0 Å². The number of fused-ring (bicyclic) bond motifs is 1. The molecule has 2 aliphatic heterocycles. The third-order valence-corrected chi connectivity index (χ3v) is 7.96. The highest BCUT2D eigenvalue weighted by molar-refractivity contribution is 5.79. The molecule has 1 N–H and O–H groups in total. The summed E-state index contributed by atoms with van der Waals surface area (Å²) in [6, 6.07) is 10.6. The Morgan fingerprint density at radius 3 is 2.39 bits per heavy atom. The monoisotopic (exact) mass is 568 g/mol. The summed E-state index contributed by atoms with van der Waals surface area (Å²) in [7, 11) is 1.59. The fourth-order valence-electron chi connectivity index (χ4n) is 5.80. The topological polar surface area (TPSA) is 97.8 Å². The molecule has 0 bridgehead atoms. The van der Waals surface area contributed by atoms with Crippen LogP contribution in [0.5, 0.6) is 23.0 Å². The van der Waals surface area contributed by atoms with Crippen LogP contribution in [0, 0.1) is 5.92 Å². The lowest BCUT2D eigenvalue weighted by Crippen LogP contribution is -2.42. The molecule has 2 heterocycles. The van der Waals surface area contributed by atoms with Crippen LogP contribution in [0.25, 0.3) is 0 Å². The SMILES string of the molecule is CCCCN(CCCC)C(=O)CN1C[C@H](c2ccc3c(c2)OCO3)[C@H](C(=O)O)[C@H]1c1ccc(OC)cc1OCCC. The highest BCUT2D eigenvalue weighted by Gasteiger charge is 2.49. The van der Waals surface area contributed by atoms with E-state index < -0.39 is 17.9 Å². The number of hydrogen-bond acceptors (Lipinski definition) is 7. The maximum absolute atomic E-state index is 13.8. The van der Waals surface area contributed by atoms with Crippen molar-refractivity contribution >= 4 is 11.9 Å². The van der Waals surface area contributed by atoms with Gasteiger partial charge in [-0.2, -0.15) is 0 Å². The van der Waals surface area contributed by atoms with Gasteiger partial charge in [-0.1, -0.05) is 45.7 Å². The number of hydrogen-bond donors (Lipinski definition) is 1. The Balaban J connectivity index is 1.75. The molecule has 2 aromatic rings. The molecule has 0 spiro atoms. The standard InChI is InChI=1S/C32H44N2O7/c1-5-8-14-33(15-9-6-2)29(35)20-34-19-25(22-10-13-26-28(17-22)41-21-40-26)30(32(36)37)31(34)24-12-11-23(38-4)18-27(24)39-16-7-3/h10-13,17-18,25,30-31H,5-9,14-16,19-21H2,1-4H3,(H,36,37)/t25-,30+,31-/m1/s1. The number of amides is 1. The summed E-state index contributed by atoms with van der Waals surface area (Å²) in [4.78, 5) is 30.8. The van der Waals surface area contributed by atoms with Crippen molar-refractivity contribution in [2.75, 3.05) is 46.7 Å². The molecule has 2 aromatic carbocycles. The predicted molar refractivity (Wildman–Crippen MR) is 156 cm³/mol. The largest absolute Gasteiger partial charge is 0.497 e. The minimum absolute atomic E-state index is 0.0249. The second kappa shape index (κ2) is 14.4. The number of likely N-dealkylation sites (tertiary alicyclic amines) is 1. The van der Waals surface area contributed by atoms with E-state index in [1.807, 2.05) is 53.1 Å². The van der Waals surface area contributed by atoms with Crippen molar-refractivity contribution in [3.05, 3.63) is 47.5 Å². The van der Waals surface area contributed by atoms with Gasteiger partial charge in [0.1, 0.15) is 11.5 Å². The first-order chi connectivity index (χ1) is 19.9. The van der Waals surface area contributed by atoms with E-state index >= 15 is 0 Å². The number of carbonyl (C=O) groups excluding carboxylic acids is 1. The second-order valence-electron chi connectivity index (χ2n) is 10.8. The van der Waals surface area contributed by atoms with Gasteiger partial charge in [0.2, 0.25) is 12.7 Å². The number of carbonyl (C=O) groups is 2. The van der Waals surface area contributed by atoms with Crippen molar-refractivity contribution in [1.29, 1.82) is 0 Å². The van der Waals surface area contributed by atoms with Gasteiger partial charge in [-0.15, -0.1) is 0 Å². The van der Waals surface area contributed by atoms with Gasteiger partial charge in [-0.05, 0) is 43.0 Å². The minimum Gasteiger partial charge on any atom is -0.497 e. The third-order valence-electron chi connectivity index (χ3n) is 7.96. The van der Waals surface area contributed by atoms with Gasteiger partial charge >= 0.3 is 5.97 Å². The van der Waals surface area contributed by atoms with Crippen LogP contribution in [0.1, 0.15) is 76.0 Å². The predicted octanol–water partition coefficient (Wildman–Crippen LogP) is 5.48. The van der Waals surface area contributed by atoms with Crippen LogP contribution in [-0.4, -0.2) is 73.5 Å². The maximum atomic E-state index is 13.8.